The van der Waals surface area contributed by atoms with Crippen LogP contribution < -0.4 is 11.1 Å². The molecule has 1 amide bonds. The number of nitrogens with one attached hydrogen (secondary N) is 1. The molecule has 0 spiro atoms. The van der Waals surface area contributed by atoms with Crippen LogP contribution in [0.25, 0.3) is 0 Å². The van der Waals surface area contributed by atoms with Gasteiger partial charge in [0.15, 0.2) is 0 Å². The summed E-state index contributed by atoms with van der Waals surface area (Å²) in [5.74, 6) is 4.53. The summed E-state index contributed by atoms with van der Waals surface area (Å²) in [6.45, 7) is 2.72. The van der Waals surface area contributed by atoms with Crippen molar-refractivity contribution in [3.63, 3.8) is 0 Å². The van der Waals surface area contributed by atoms with Gasteiger partial charge in [0.05, 0.1) is 5.54 Å². The van der Waals surface area contributed by atoms with Gasteiger partial charge in [-0.05, 0) is 68.6 Å². The monoisotopic (exact) mass is 248 g/mol. The molecule has 18 heavy (non-hydrogen) atoms. The second kappa shape index (κ2) is 3.50. The van der Waals surface area contributed by atoms with E-state index in [9.17, 15) is 4.79 Å². The van der Waals surface area contributed by atoms with Gasteiger partial charge < -0.3 is 11.1 Å². The minimum atomic E-state index is -0.132. The van der Waals surface area contributed by atoms with Gasteiger partial charge in [-0.25, -0.2) is 0 Å². The highest BCUT2D eigenvalue weighted by Gasteiger charge is 2.67. The van der Waals surface area contributed by atoms with Gasteiger partial charge in [-0.3, -0.25) is 4.79 Å². The molecule has 100 valence electrons. The standard InChI is InChI=1S/C15H24N2O/c1-15(7-16,10-4-5-10)17-14(18)13-11-8-2-3-9(6-8)12(11)13/h8-13H,2-7,16H2,1H3,(H,17,18). The molecule has 4 saturated carbocycles. The number of carbonyl (C=O) groups excluding carboxylic acids is 1. The molecule has 4 aliphatic rings. The molecule has 3 nitrogen and oxygen atoms in total. The summed E-state index contributed by atoms with van der Waals surface area (Å²) in [5, 5.41) is 3.30. The van der Waals surface area contributed by atoms with Gasteiger partial charge in [0.2, 0.25) is 5.91 Å². The maximum atomic E-state index is 12.5. The molecule has 3 heteroatoms. The number of rotatable bonds is 4. The number of hydrogen-bond donors (Lipinski definition) is 2. The molecule has 4 rings (SSSR count). The van der Waals surface area contributed by atoms with Crippen molar-refractivity contribution in [2.45, 2.75) is 44.6 Å². The molecular formula is C15H24N2O. The predicted molar refractivity (Wildman–Crippen MR) is 69.6 cm³/mol. The van der Waals surface area contributed by atoms with Crippen LogP contribution in [0.1, 0.15) is 39.0 Å². The van der Waals surface area contributed by atoms with Gasteiger partial charge in [-0.15, -0.1) is 0 Å². The Balaban J connectivity index is 1.43. The van der Waals surface area contributed by atoms with Crippen LogP contribution in [0.15, 0.2) is 0 Å². The molecule has 2 bridgehead atoms. The van der Waals surface area contributed by atoms with Gasteiger partial charge in [0.25, 0.3) is 0 Å². The molecule has 0 aromatic heterocycles. The Hall–Kier alpha value is -0.570. The molecule has 0 aromatic rings. The molecule has 0 heterocycles. The quantitative estimate of drug-likeness (QED) is 0.792. The van der Waals surface area contributed by atoms with Crippen LogP contribution in [0, 0.1) is 35.5 Å². The van der Waals surface area contributed by atoms with E-state index in [1.54, 1.807) is 0 Å². The Kier molecular flexibility index (Phi) is 2.19. The highest BCUT2D eigenvalue weighted by atomic mass is 16.2. The average Bonchev–Trinajstić information content (AvgIpc) is 3.27. The van der Waals surface area contributed by atoms with Crippen LogP contribution in [-0.2, 0) is 4.79 Å². The van der Waals surface area contributed by atoms with Crippen molar-refractivity contribution in [1.29, 1.82) is 0 Å². The molecule has 0 aromatic carbocycles. The predicted octanol–water partition coefficient (Wildman–Crippen LogP) is 1.52. The molecule has 0 aliphatic heterocycles. The molecule has 5 atom stereocenters. The minimum Gasteiger partial charge on any atom is -0.349 e. The van der Waals surface area contributed by atoms with Gasteiger partial charge >= 0.3 is 0 Å². The minimum absolute atomic E-state index is 0.132. The SMILES string of the molecule is CC(CN)(NC(=O)C1C2C3CCC(C3)C12)C1CC1. The van der Waals surface area contributed by atoms with E-state index in [2.05, 4.69) is 12.2 Å². The lowest BCUT2D eigenvalue weighted by molar-refractivity contribution is -0.125. The molecule has 4 aliphatic carbocycles. The van der Waals surface area contributed by atoms with Crippen molar-refractivity contribution in [2.24, 2.45) is 41.2 Å². The summed E-state index contributed by atoms with van der Waals surface area (Å²) >= 11 is 0. The van der Waals surface area contributed by atoms with E-state index < -0.39 is 0 Å². The van der Waals surface area contributed by atoms with Crippen molar-refractivity contribution in [3.05, 3.63) is 0 Å². The van der Waals surface area contributed by atoms with E-state index in [0.717, 1.165) is 23.7 Å². The summed E-state index contributed by atoms with van der Waals surface area (Å²) in [6, 6.07) is 0. The summed E-state index contributed by atoms with van der Waals surface area (Å²) < 4.78 is 0. The second-order valence-electron chi connectivity index (χ2n) is 7.40. The van der Waals surface area contributed by atoms with Crippen molar-refractivity contribution in [3.8, 4) is 0 Å². The highest BCUT2D eigenvalue weighted by molar-refractivity contribution is 5.83. The Morgan fingerprint density at radius 2 is 1.83 bits per heavy atom. The Bertz CT molecular complexity index is 376. The average molecular weight is 248 g/mol. The lowest BCUT2D eigenvalue weighted by atomic mass is 9.94. The number of amides is 1. The van der Waals surface area contributed by atoms with E-state index in [0.29, 0.717) is 24.3 Å². The fourth-order valence-electron chi connectivity index (χ4n) is 5.08. The Labute approximate surface area is 109 Å². The third kappa shape index (κ3) is 1.43. The van der Waals surface area contributed by atoms with E-state index in [1.807, 2.05) is 0 Å². The van der Waals surface area contributed by atoms with Crippen LogP contribution in [0.4, 0.5) is 0 Å². The van der Waals surface area contributed by atoms with E-state index in [4.69, 9.17) is 5.73 Å². The van der Waals surface area contributed by atoms with Crippen molar-refractivity contribution in [2.75, 3.05) is 6.54 Å². The number of nitrogens with two attached hydrogens (primary N) is 1. The molecule has 3 N–H and O–H groups in total. The summed E-state index contributed by atoms with van der Waals surface area (Å²) in [7, 11) is 0. The summed E-state index contributed by atoms with van der Waals surface area (Å²) in [6.07, 6.45) is 6.64. The molecular weight excluding hydrogens is 224 g/mol. The fourth-order valence-corrected chi connectivity index (χ4v) is 5.08. The fraction of sp³-hybridized carbons (Fsp3) is 0.933. The smallest absolute Gasteiger partial charge is 0.224 e. The van der Waals surface area contributed by atoms with Gasteiger partial charge in [0.1, 0.15) is 0 Å². The van der Waals surface area contributed by atoms with Crippen molar-refractivity contribution in [1.82, 2.24) is 5.32 Å². The summed E-state index contributed by atoms with van der Waals surface area (Å²) in [4.78, 5) is 12.5. The molecule has 0 saturated heterocycles. The third-order valence-electron chi connectivity index (χ3n) is 6.35. The van der Waals surface area contributed by atoms with Gasteiger partial charge in [-0.1, -0.05) is 0 Å². The zero-order chi connectivity index (χ0) is 12.5. The summed E-state index contributed by atoms with van der Waals surface area (Å²) in [5.41, 5.74) is 5.75. The second-order valence-corrected chi connectivity index (χ2v) is 7.40. The Morgan fingerprint density at radius 1 is 1.22 bits per heavy atom. The largest absolute Gasteiger partial charge is 0.349 e. The third-order valence-corrected chi connectivity index (χ3v) is 6.35. The van der Waals surface area contributed by atoms with Crippen LogP contribution in [0.2, 0.25) is 0 Å². The van der Waals surface area contributed by atoms with Crippen molar-refractivity contribution < 1.29 is 4.79 Å². The zero-order valence-corrected chi connectivity index (χ0v) is 11.2. The molecule has 4 fully saturated rings. The first-order chi connectivity index (χ1) is 8.64. The van der Waals surface area contributed by atoms with Crippen LogP contribution in [-0.4, -0.2) is 18.0 Å². The number of fused-ring (bicyclic) bond motifs is 5. The normalized spacial score (nSPS) is 47.6. The Morgan fingerprint density at radius 3 is 2.33 bits per heavy atom. The van der Waals surface area contributed by atoms with Gasteiger partial charge in [-0.2, -0.15) is 0 Å². The van der Waals surface area contributed by atoms with E-state index in [-0.39, 0.29) is 5.54 Å². The maximum absolute atomic E-state index is 12.5. The van der Waals surface area contributed by atoms with Crippen LogP contribution in [0.3, 0.4) is 0 Å². The van der Waals surface area contributed by atoms with Crippen LogP contribution >= 0.6 is 0 Å². The first kappa shape index (κ1) is 11.3. The van der Waals surface area contributed by atoms with Gasteiger partial charge in [0, 0.05) is 12.5 Å². The topological polar surface area (TPSA) is 55.1 Å². The number of hydrogen-bond acceptors (Lipinski definition) is 2. The highest BCUT2D eigenvalue weighted by Crippen LogP contribution is 2.69. The lowest BCUT2D eigenvalue weighted by Crippen LogP contribution is -2.54. The van der Waals surface area contributed by atoms with E-state index >= 15 is 0 Å². The van der Waals surface area contributed by atoms with E-state index in [1.165, 1.54) is 32.1 Å². The number of carbonyl (C=O) groups is 1. The zero-order valence-electron chi connectivity index (χ0n) is 11.2. The first-order valence-electron chi connectivity index (χ1n) is 7.66. The first-order valence-corrected chi connectivity index (χ1v) is 7.66. The molecule has 0 radical (unpaired) electrons. The maximum Gasteiger partial charge on any atom is 0.224 e. The lowest BCUT2D eigenvalue weighted by Gasteiger charge is -2.30. The van der Waals surface area contributed by atoms with Crippen molar-refractivity contribution >= 4 is 5.91 Å². The molecule has 5 unspecified atom stereocenters. The van der Waals surface area contributed by atoms with Crippen LogP contribution in [0.5, 0.6) is 0 Å².